The molecule has 1 saturated carbocycles. The topological polar surface area (TPSA) is 6.48 Å². The first kappa shape index (κ1) is 12.9. The Morgan fingerprint density at radius 3 is 1.22 bits per heavy atom. The van der Waals surface area contributed by atoms with E-state index in [1.807, 2.05) is 0 Å². The fourth-order valence-corrected chi connectivity index (χ4v) is 4.44. The third-order valence-corrected chi connectivity index (χ3v) is 5.41. The summed E-state index contributed by atoms with van der Waals surface area (Å²) in [5.74, 6) is 0. The Morgan fingerprint density at radius 2 is 0.833 bits per heavy atom. The van der Waals surface area contributed by atoms with Gasteiger partial charge in [-0.3, -0.25) is 9.80 Å². The van der Waals surface area contributed by atoms with Crippen LogP contribution in [0.3, 0.4) is 0 Å². The summed E-state index contributed by atoms with van der Waals surface area (Å²) >= 11 is 0. The second kappa shape index (κ2) is 6.38. The summed E-state index contributed by atoms with van der Waals surface area (Å²) in [6.07, 6.45) is 14.6. The maximum absolute atomic E-state index is 2.85. The highest BCUT2D eigenvalue weighted by Crippen LogP contribution is 2.30. The SMILES string of the molecule is C1CCN([C@@H]2CCCC[C@H]2N2CCCCC2)CC1. The molecule has 104 valence electrons. The van der Waals surface area contributed by atoms with Crippen molar-refractivity contribution in [3.05, 3.63) is 0 Å². The first-order chi connectivity index (χ1) is 8.95. The minimum atomic E-state index is 0.900. The second-order valence-corrected chi connectivity index (χ2v) is 6.61. The van der Waals surface area contributed by atoms with E-state index >= 15 is 0 Å². The van der Waals surface area contributed by atoms with Gasteiger partial charge in [0.15, 0.2) is 0 Å². The van der Waals surface area contributed by atoms with Gasteiger partial charge in [-0.15, -0.1) is 0 Å². The molecule has 2 atom stereocenters. The number of piperidine rings is 2. The number of hydrogen-bond acceptors (Lipinski definition) is 2. The smallest absolute Gasteiger partial charge is 0.0251 e. The van der Waals surface area contributed by atoms with E-state index in [1.165, 1.54) is 90.4 Å². The van der Waals surface area contributed by atoms with Crippen LogP contribution in [0.15, 0.2) is 0 Å². The molecule has 2 nitrogen and oxygen atoms in total. The molecule has 18 heavy (non-hydrogen) atoms. The van der Waals surface area contributed by atoms with Gasteiger partial charge in [0, 0.05) is 12.1 Å². The fourth-order valence-electron chi connectivity index (χ4n) is 4.44. The van der Waals surface area contributed by atoms with Crippen LogP contribution in [0.4, 0.5) is 0 Å². The molecule has 3 aliphatic rings. The Labute approximate surface area is 113 Å². The van der Waals surface area contributed by atoms with Gasteiger partial charge in [0.1, 0.15) is 0 Å². The molecule has 0 unspecified atom stereocenters. The average molecular weight is 250 g/mol. The molecule has 0 radical (unpaired) electrons. The molecule has 1 aliphatic carbocycles. The molecular formula is C16H30N2. The highest BCUT2D eigenvalue weighted by atomic mass is 15.3. The Balaban J connectivity index is 1.64. The molecule has 2 heterocycles. The monoisotopic (exact) mass is 250 g/mol. The van der Waals surface area contributed by atoms with Crippen molar-refractivity contribution in [2.75, 3.05) is 26.2 Å². The molecule has 2 saturated heterocycles. The van der Waals surface area contributed by atoms with Gasteiger partial charge in [-0.2, -0.15) is 0 Å². The fraction of sp³-hybridized carbons (Fsp3) is 1.00. The van der Waals surface area contributed by atoms with E-state index in [-0.39, 0.29) is 0 Å². The van der Waals surface area contributed by atoms with Gasteiger partial charge >= 0.3 is 0 Å². The lowest BCUT2D eigenvalue weighted by Gasteiger charge is -2.47. The van der Waals surface area contributed by atoms with Crippen molar-refractivity contribution in [3.63, 3.8) is 0 Å². The zero-order valence-electron chi connectivity index (χ0n) is 11.9. The molecule has 2 aliphatic heterocycles. The van der Waals surface area contributed by atoms with Gasteiger partial charge in [-0.1, -0.05) is 25.7 Å². The lowest BCUT2D eigenvalue weighted by atomic mass is 9.86. The normalized spacial score (nSPS) is 36.7. The summed E-state index contributed by atoms with van der Waals surface area (Å²) in [7, 11) is 0. The number of rotatable bonds is 2. The summed E-state index contributed by atoms with van der Waals surface area (Å²) in [6.45, 7) is 5.54. The molecule has 0 aromatic carbocycles. The van der Waals surface area contributed by atoms with E-state index in [0.717, 1.165) is 12.1 Å². The van der Waals surface area contributed by atoms with E-state index in [2.05, 4.69) is 9.80 Å². The van der Waals surface area contributed by atoms with Crippen molar-refractivity contribution < 1.29 is 0 Å². The first-order valence-electron chi connectivity index (χ1n) is 8.43. The van der Waals surface area contributed by atoms with Crippen LogP contribution in [-0.4, -0.2) is 48.1 Å². The summed E-state index contributed by atoms with van der Waals surface area (Å²) in [5.41, 5.74) is 0. The molecule has 0 aromatic heterocycles. The Hall–Kier alpha value is -0.0800. The summed E-state index contributed by atoms with van der Waals surface area (Å²) in [4.78, 5) is 5.70. The minimum Gasteiger partial charge on any atom is -0.299 e. The minimum absolute atomic E-state index is 0.900. The van der Waals surface area contributed by atoms with Crippen LogP contribution < -0.4 is 0 Å². The Morgan fingerprint density at radius 1 is 0.444 bits per heavy atom. The zero-order chi connectivity index (χ0) is 12.2. The van der Waals surface area contributed by atoms with Crippen molar-refractivity contribution in [2.24, 2.45) is 0 Å². The van der Waals surface area contributed by atoms with Crippen molar-refractivity contribution in [1.29, 1.82) is 0 Å². The quantitative estimate of drug-likeness (QED) is 0.742. The lowest BCUT2D eigenvalue weighted by Crippen LogP contribution is -2.55. The highest BCUT2D eigenvalue weighted by Gasteiger charge is 2.34. The van der Waals surface area contributed by atoms with Gasteiger partial charge in [0.25, 0.3) is 0 Å². The average Bonchev–Trinajstić information content (AvgIpc) is 2.49. The highest BCUT2D eigenvalue weighted by molar-refractivity contribution is 4.91. The van der Waals surface area contributed by atoms with E-state index in [0.29, 0.717) is 0 Å². The van der Waals surface area contributed by atoms with Crippen molar-refractivity contribution in [2.45, 2.75) is 76.3 Å². The van der Waals surface area contributed by atoms with E-state index in [1.54, 1.807) is 0 Å². The van der Waals surface area contributed by atoms with E-state index in [9.17, 15) is 0 Å². The molecule has 0 aromatic rings. The van der Waals surface area contributed by atoms with Crippen LogP contribution in [0.25, 0.3) is 0 Å². The van der Waals surface area contributed by atoms with Crippen LogP contribution in [-0.2, 0) is 0 Å². The van der Waals surface area contributed by atoms with Crippen LogP contribution in [0.2, 0.25) is 0 Å². The Bertz CT molecular complexity index is 215. The van der Waals surface area contributed by atoms with Crippen LogP contribution in [0, 0.1) is 0 Å². The maximum Gasteiger partial charge on any atom is 0.0251 e. The standard InChI is InChI=1S/C16H30N2/c1-5-11-17(12-6-1)15-9-3-4-10-16(15)18-13-7-2-8-14-18/h15-16H,1-14H2/t15-,16-/m1/s1. The van der Waals surface area contributed by atoms with Gasteiger partial charge < -0.3 is 0 Å². The molecule has 0 amide bonds. The molecule has 3 fully saturated rings. The molecule has 0 bridgehead atoms. The van der Waals surface area contributed by atoms with Gasteiger partial charge in [0.05, 0.1) is 0 Å². The largest absolute Gasteiger partial charge is 0.299 e. The molecule has 2 heteroatoms. The summed E-state index contributed by atoms with van der Waals surface area (Å²) in [6, 6.07) is 1.80. The summed E-state index contributed by atoms with van der Waals surface area (Å²) < 4.78 is 0. The number of likely N-dealkylation sites (tertiary alicyclic amines) is 2. The third kappa shape index (κ3) is 2.91. The maximum atomic E-state index is 2.85. The van der Waals surface area contributed by atoms with E-state index < -0.39 is 0 Å². The van der Waals surface area contributed by atoms with Crippen molar-refractivity contribution >= 4 is 0 Å². The van der Waals surface area contributed by atoms with Gasteiger partial charge in [-0.25, -0.2) is 0 Å². The van der Waals surface area contributed by atoms with Crippen LogP contribution >= 0.6 is 0 Å². The van der Waals surface area contributed by atoms with Gasteiger partial charge in [0.2, 0.25) is 0 Å². The second-order valence-electron chi connectivity index (χ2n) is 6.61. The Kier molecular flexibility index (Phi) is 4.58. The van der Waals surface area contributed by atoms with Crippen molar-refractivity contribution in [1.82, 2.24) is 9.80 Å². The molecule has 3 rings (SSSR count). The van der Waals surface area contributed by atoms with Crippen LogP contribution in [0.1, 0.15) is 64.2 Å². The lowest BCUT2D eigenvalue weighted by molar-refractivity contribution is 0.0285. The third-order valence-electron chi connectivity index (χ3n) is 5.41. The predicted molar refractivity (Wildman–Crippen MR) is 76.9 cm³/mol. The predicted octanol–water partition coefficient (Wildman–Crippen LogP) is 3.27. The van der Waals surface area contributed by atoms with Crippen molar-refractivity contribution in [3.8, 4) is 0 Å². The zero-order valence-corrected chi connectivity index (χ0v) is 11.9. The van der Waals surface area contributed by atoms with Gasteiger partial charge in [-0.05, 0) is 64.7 Å². The number of hydrogen-bond donors (Lipinski definition) is 0. The van der Waals surface area contributed by atoms with Crippen LogP contribution in [0.5, 0.6) is 0 Å². The first-order valence-corrected chi connectivity index (χ1v) is 8.43. The van der Waals surface area contributed by atoms with E-state index in [4.69, 9.17) is 0 Å². The molecule has 0 N–H and O–H groups in total. The summed E-state index contributed by atoms with van der Waals surface area (Å²) in [5, 5.41) is 0. The number of nitrogens with zero attached hydrogens (tertiary/aromatic N) is 2. The molecule has 0 spiro atoms. The molecular weight excluding hydrogens is 220 g/mol.